The number of hydrogen-bond acceptors (Lipinski definition) is 5. The van der Waals surface area contributed by atoms with Crippen molar-refractivity contribution in [1.29, 1.82) is 0 Å². The zero-order valence-electron chi connectivity index (χ0n) is 15.4. The lowest BCUT2D eigenvalue weighted by Crippen LogP contribution is -2.37. The standard InChI is InChI=1S/C19H20ClN3O4S2/c20-14-3-7-16(8-4-14)27-13-18(24)22-19(28)21-15-5-9-17(10-6-15)29(25,26)23-11-1-2-12-23/h3-10H,1-2,11-13H2,(H2,21,22,24,28). The van der Waals surface area contributed by atoms with Crippen molar-refractivity contribution in [3.8, 4) is 5.75 Å². The van der Waals surface area contributed by atoms with Gasteiger partial charge in [0.25, 0.3) is 5.91 Å². The lowest BCUT2D eigenvalue weighted by atomic mass is 10.3. The summed E-state index contributed by atoms with van der Waals surface area (Å²) >= 11 is 10.9. The van der Waals surface area contributed by atoms with Gasteiger partial charge in [0.2, 0.25) is 10.0 Å². The maximum atomic E-state index is 12.5. The van der Waals surface area contributed by atoms with E-state index in [0.29, 0.717) is 29.5 Å². The Morgan fingerprint density at radius 1 is 1.07 bits per heavy atom. The number of halogens is 1. The maximum absolute atomic E-state index is 12.5. The lowest BCUT2D eigenvalue weighted by molar-refractivity contribution is -0.121. The monoisotopic (exact) mass is 453 g/mol. The highest BCUT2D eigenvalue weighted by Crippen LogP contribution is 2.22. The second kappa shape index (κ2) is 9.53. The van der Waals surface area contributed by atoms with E-state index in [1.54, 1.807) is 36.4 Å². The van der Waals surface area contributed by atoms with Crippen LogP contribution >= 0.6 is 23.8 Å². The molecule has 1 heterocycles. The summed E-state index contributed by atoms with van der Waals surface area (Å²) in [5, 5.41) is 6.01. The van der Waals surface area contributed by atoms with Crippen LogP contribution in [0.3, 0.4) is 0 Å². The van der Waals surface area contributed by atoms with Gasteiger partial charge < -0.3 is 10.1 Å². The summed E-state index contributed by atoms with van der Waals surface area (Å²) in [7, 11) is -3.46. The highest BCUT2D eigenvalue weighted by Gasteiger charge is 2.26. The van der Waals surface area contributed by atoms with Crippen molar-refractivity contribution in [2.45, 2.75) is 17.7 Å². The van der Waals surface area contributed by atoms with Crippen molar-refractivity contribution in [2.24, 2.45) is 0 Å². The molecule has 2 aromatic carbocycles. The van der Waals surface area contributed by atoms with Gasteiger partial charge in [0.05, 0.1) is 4.90 Å². The summed E-state index contributed by atoms with van der Waals surface area (Å²) in [6.45, 7) is 0.892. The van der Waals surface area contributed by atoms with Gasteiger partial charge in [-0.1, -0.05) is 11.6 Å². The molecule has 0 aliphatic carbocycles. The average molecular weight is 454 g/mol. The van der Waals surface area contributed by atoms with Crippen LogP contribution in [0.2, 0.25) is 5.02 Å². The van der Waals surface area contributed by atoms with Crippen LogP contribution in [0.15, 0.2) is 53.4 Å². The van der Waals surface area contributed by atoms with E-state index in [4.69, 9.17) is 28.6 Å². The van der Waals surface area contributed by atoms with Crippen molar-refractivity contribution in [3.05, 3.63) is 53.6 Å². The third-order valence-corrected chi connectivity index (χ3v) is 6.62. The van der Waals surface area contributed by atoms with Crippen LogP contribution in [0.25, 0.3) is 0 Å². The maximum Gasteiger partial charge on any atom is 0.264 e. The molecule has 0 unspecified atom stereocenters. The van der Waals surface area contributed by atoms with Crippen molar-refractivity contribution in [1.82, 2.24) is 9.62 Å². The van der Waals surface area contributed by atoms with Gasteiger partial charge in [-0.15, -0.1) is 0 Å². The van der Waals surface area contributed by atoms with Crippen LogP contribution in [0.1, 0.15) is 12.8 Å². The van der Waals surface area contributed by atoms with Crippen LogP contribution in [-0.2, 0) is 14.8 Å². The van der Waals surface area contributed by atoms with Gasteiger partial charge in [0.1, 0.15) is 5.75 Å². The minimum Gasteiger partial charge on any atom is -0.484 e. The van der Waals surface area contributed by atoms with Crippen molar-refractivity contribution < 1.29 is 17.9 Å². The highest BCUT2D eigenvalue weighted by atomic mass is 35.5. The summed E-state index contributed by atoms with van der Waals surface area (Å²) in [4.78, 5) is 12.2. The van der Waals surface area contributed by atoms with Crippen LogP contribution in [0.5, 0.6) is 5.75 Å². The zero-order valence-corrected chi connectivity index (χ0v) is 17.8. The lowest BCUT2D eigenvalue weighted by Gasteiger charge is -2.16. The number of carbonyl (C=O) groups excluding carboxylic acids is 1. The molecule has 2 aromatic rings. The molecule has 1 aliphatic heterocycles. The molecule has 7 nitrogen and oxygen atoms in total. The van der Waals surface area contributed by atoms with Crippen LogP contribution < -0.4 is 15.4 Å². The molecule has 10 heteroatoms. The molecule has 0 atom stereocenters. The molecular formula is C19H20ClN3O4S2. The minimum atomic E-state index is -3.46. The Morgan fingerprint density at radius 2 is 1.69 bits per heavy atom. The molecule has 29 heavy (non-hydrogen) atoms. The highest BCUT2D eigenvalue weighted by molar-refractivity contribution is 7.89. The summed E-state index contributed by atoms with van der Waals surface area (Å²) < 4.78 is 31.9. The van der Waals surface area contributed by atoms with E-state index in [1.165, 1.54) is 16.4 Å². The van der Waals surface area contributed by atoms with Gasteiger partial charge in [-0.25, -0.2) is 8.42 Å². The van der Waals surface area contributed by atoms with E-state index in [2.05, 4.69) is 10.6 Å². The quantitative estimate of drug-likeness (QED) is 0.654. The largest absolute Gasteiger partial charge is 0.484 e. The molecule has 0 radical (unpaired) electrons. The SMILES string of the molecule is O=C(COc1ccc(Cl)cc1)NC(=S)Nc1ccc(S(=O)(=O)N2CCCC2)cc1. The Bertz CT molecular complexity index is 974. The summed E-state index contributed by atoms with van der Waals surface area (Å²) in [6, 6.07) is 12.9. The van der Waals surface area contributed by atoms with E-state index in [0.717, 1.165) is 12.8 Å². The van der Waals surface area contributed by atoms with Crippen LogP contribution in [0, 0.1) is 0 Å². The molecule has 3 rings (SSSR count). The fraction of sp³-hybridized carbons (Fsp3) is 0.263. The molecule has 0 bridgehead atoms. The Hall–Kier alpha value is -2.20. The summed E-state index contributed by atoms with van der Waals surface area (Å²) in [6.07, 6.45) is 1.77. The number of rotatable bonds is 6. The number of ether oxygens (including phenoxy) is 1. The van der Waals surface area contributed by atoms with Crippen molar-refractivity contribution in [3.63, 3.8) is 0 Å². The summed E-state index contributed by atoms with van der Waals surface area (Å²) in [5.41, 5.74) is 0.564. The van der Waals surface area contributed by atoms with Gasteiger partial charge in [0, 0.05) is 23.8 Å². The van der Waals surface area contributed by atoms with Crippen molar-refractivity contribution >= 4 is 50.5 Å². The van der Waals surface area contributed by atoms with E-state index >= 15 is 0 Å². The molecule has 0 aromatic heterocycles. The number of hydrogen-bond donors (Lipinski definition) is 2. The molecule has 2 N–H and O–H groups in total. The fourth-order valence-electron chi connectivity index (χ4n) is 2.79. The number of carbonyl (C=O) groups is 1. The normalized spacial score (nSPS) is 14.4. The topological polar surface area (TPSA) is 87.7 Å². The molecular weight excluding hydrogens is 434 g/mol. The van der Waals surface area contributed by atoms with Gasteiger partial charge >= 0.3 is 0 Å². The number of nitrogens with one attached hydrogen (secondary N) is 2. The predicted molar refractivity (Wildman–Crippen MR) is 116 cm³/mol. The average Bonchev–Trinajstić information content (AvgIpc) is 3.23. The third-order valence-electron chi connectivity index (χ3n) is 4.25. The summed E-state index contributed by atoms with van der Waals surface area (Å²) in [5.74, 6) is 0.0870. The molecule has 154 valence electrons. The molecule has 0 saturated carbocycles. The minimum absolute atomic E-state index is 0.0878. The third kappa shape index (κ3) is 5.89. The van der Waals surface area contributed by atoms with Crippen LogP contribution in [-0.4, -0.2) is 43.4 Å². The number of benzene rings is 2. The van der Waals surface area contributed by atoms with Crippen molar-refractivity contribution in [2.75, 3.05) is 25.0 Å². The predicted octanol–water partition coefficient (Wildman–Crippen LogP) is 3.02. The van der Waals surface area contributed by atoms with Gasteiger partial charge in [-0.3, -0.25) is 10.1 Å². The smallest absolute Gasteiger partial charge is 0.264 e. The number of thiocarbonyl (C=S) groups is 1. The first kappa shape index (κ1) is 21.5. The molecule has 1 amide bonds. The second-order valence-corrected chi connectivity index (χ2v) is 9.16. The molecule has 1 saturated heterocycles. The Labute approximate surface area is 180 Å². The van der Waals surface area contributed by atoms with E-state index < -0.39 is 15.9 Å². The molecule has 0 spiro atoms. The second-order valence-electron chi connectivity index (χ2n) is 6.38. The van der Waals surface area contributed by atoms with E-state index in [1.807, 2.05) is 0 Å². The number of sulfonamides is 1. The Balaban J connectivity index is 1.49. The van der Waals surface area contributed by atoms with Gasteiger partial charge in [-0.05, 0) is 73.6 Å². The van der Waals surface area contributed by atoms with Gasteiger partial charge in [-0.2, -0.15) is 4.31 Å². The zero-order chi connectivity index (χ0) is 20.9. The van der Waals surface area contributed by atoms with E-state index in [-0.39, 0.29) is 16.6 Å². The first-order valence-corrected chi connectivity index (χ1v) is 11.2. The van der Waals surface area contributed by atoms with Gasteiger partial charge in [0.15, 0.2) is 11.7 Å². The number of anilines is 1. The van der Waals surface area contributed by atoms with E-state index in [9.17, 15) is 13.2 Å². The molecule has 1 aliphatic rings. The first-order chi connectivity index (χ1) is 13.8. The number of amides is 1. The Morgan fingerprint density at radius 3 is 2.31 bits per heavy atom. The first-order valence-electron chi connectivity index (χ1n) is 8.94. The number of nitrogens with zero attached hydrogens (tertiary/aromatic N) is 1. The fourth-order valence-corrected chi connectivity index (χ4v) is 4.67. The van der Waals surface area contributed by atoms with Crippen LogP contribution in [0.4, 0.5) is 5.69 Å². The Kier molecular flexibility index (Phi) is 7.07. The molecule has 1 fully saturated rings.